The van der Waals surface area contributed by atoms with Crippen LogP contribution >= 0.6 is 15.9 Å². The van der Waals surface area contributed by atoms with E-state index in [0.29, 0.717) is 4.47 Å². The molecule has 0 N–H and O–H groups in total. The van der Waals surface area contributed by atoms with Gasteiger partial charge in [0, 0.05) is 23.5 Å². The summed E-state index contributed by atoms with van der Waals surface area (Å²) in [6, 6.07) is 1.36. The molecule has 17 heavy (non-hydrogen) atoms. The smallest absolute Gasteiger partial charge is 0.250 e. The van der Waals surface area contributed by atoms with Crippen molar-refractivity contribution >= 4 is 15.9 Å². The van der Waals surface area contributed by atoms with E-state index in [0.717, 1.165) is 12.8 Å². The summed E-state index contributed by atoms with van der Waals surface area (Å²) in [7, 11) is 0. The predicted molar refractivity (Wildman–Crippen MR) is 65.6 cm³/mol. The third-order valence-electron chi connectivity index (χ3n) is 2.71. The van der Waals surface area contributed by atoms with Crippen molar-refractivity contribution in [2.75, 3.05) is 0 Å². The quantitative estimate of drug-likeness (QED) is 0.840. The zero-order chi connectivity index (χ0) is 12.4. The maximum Gasteiger partial charge on any atom is 0.250 e. The van der Waals surface area contributed by atoms with Crippen LogP contribution in [0.5, 0.6) is 5.88 Å². The van der Waals surface area contributed by atoms with Gasteiger partial charge in [0.15, 0.2) is 5.82 Å². The largest absolute Gasteiger partial charge is 0.472 e. The fourth-order valence-corrected chi connectivity index (χ4v) is 2.39. The van der Waals surface area contributed by atoms with Gasteiger partial charge in [-0.15, -0.1) is 0 Å². The molecule has 2 atom stereocenters. The Labute approximate surface area is 108 Å². The monoisotopic (exact) mass is 303 g/mol. The topological polar surface area (TPSA) is 31.4 Å². The molecule has 1 aliphatic rings. The first-order valence-electron chi connectivity index (χ1n) is 5.67. The molecule has 0 aliphatic carbocycles. The maximum absolute atomic E-state index is 13.6. The molecule has 5 heteroatoms. The van der Waals surface area contributed by atoms with Crippen LogP contribution in [0.1, 0.15) is 26.7 Å². The van der Waals surface area contributed by atoms with Gasteiger partial charge in [0.2, 0.25) is 0 Å². The van der Waals surface area contributed by atoms with Crippen LogP contribution in [0.2, 0.25) is 0 Å². The molecular formula is C12H15BrFNO2. The maximum atomic E-state index is 13.6. The Morgan fingerprint density at radius 1 is 1.41 bits per heavy atom. The lowest BCUT2D eigenvalue weighted by atomic mass is 10.0. The molecule has 2 unspecified atom stereocenters. The Balaban J connectivity index is 2.04. The van der Waals surface area contributed by atoms with E-state index in [1.165, 1.54) is 12.3 Å². The van der Waals surface area contributed by atoms with Gasteiger partial charge >= 0.3 is 0 Å². The molecular weight excluding hydrogens is 289 g/mol. The first-order valence-corrected chi connectivity index (χ1v) is 6.47. The van der Waals surface area contributed by atoms with Crippen molar-refractivity contribution in [1.29, 1.82) is 0 Å². The van der Waals surface area contributed by atoms with E-state index in [1.807, 2.05) is 13.8 Å². The molecule has 0 spiro atoms. The molecule has 1 fully saturated rings. The van der Waals surface area contributed by atoms with Gasteiger partial charge in [-0.05, 0) is 35.8 Å². The molecule has 2 heterocycles. The lowest BCUT2D eigenvalue weighted by Gasteiger charge is -2.31. The summed E-state index contributed by atoms with van der Waals surface area (Å²) in [5, 5.41) is 0. The lowest BCUT2D eigenvalue weighted by molar-refractivity contribution is -0.0736. The van der Waals surface area contributed by atoms with Crippen LogP contribution in [0, 0.1) is 5.82 Å². The van der Waals surface area contributed by atoms with Gasteiger partial charge < -0.3 is 9.47 Å². The number of ether oxygens (including phenoxy) is 2. The molecule has 0 amide bonds. The average molecular weight is 304 g/mol. The van der Waals surface area contributed by atoms with Crippen LogP contribution in [0.3, 0.4) is 0 Å². The molecule has 2 rings (SSSR count). The van der Waals surface area contributed by atoms with Crippen molar-refractivity contribution in [3.8, 4) is 5.88 Å². The summed E-state index contributed by atoms with van der Waals surface area (Å²) in [5.41, 5.74) is 0. The van der Waals surface area contributed by atoms with Gasteiger partial charge in [0.25, 0.3) is 5.88 Å². The third kappa shape index (κ3) is 3.39. The van der Waals surface area contributed by atoms with Crippen molar-refractivity contribution in [2.45, 2.75) is 45.0 Å². The minimum Gasteiger partial charge on any atom is -0.472 e. The van der Waals surface area contributed by atoms with Crippen LogP contribution in [-0.4, -0.2) is 23.3 Å². The summed E-state index contributed by atoms with van der Waals surface area (Å²) in [6.45, 7) is 3.99. The number of nitrogens with zero attached hydrogens (tertiary/aromatic N) is 1. The van der Waals surface area contributed by atoms with E-state index in [-0.39, 0.29) is 24.2 Å². The highest BCUT2D eigenvalue weighted by Gasteiger charge is 2.26. The van der Waals surface area contributed by atoms with Crippen LogP contribution in [0.4, 0.5) is 4.39 Å². The zero-order valence-corrected chi connectivity index (χ0v) is 11.4. The molecule has 94 valence electrons. The van der Waals surface area contributed by atoms with E-state index in [9.17, 15) is 4.39 Å². The number of pyridine rings is 1. The van der Waals surface area contributed by atoms with Crippen LogP contribution in [0.15, 0.2) is 16.7 Å². The van der Waals surface area contributed by atoms with E-state index in [1.54, 1.807) is 0 Å². The standard InChI is InChI=1S/C12H15BrFNO2/c1-7-3-10(4-8(2)16-7)17-12-11(14)5-9(13)6-15-12/h5-8,10H,3-4H2,1-2H3. The normalized spacial score (nSPS) is 29.1. The SMILES string of the molecule is CC1CC(Oc2ncc(Br)cc2F)CC(C)O1. The minimum atomic E-state index is -0.439. The molecule has 0 saturated carbocycles. The van der Waals surface area contributed by atoms with E-state index in [4.69, 9.17) is 9.47 Å². The van der Waals surface area contributed by atoms with Crippen LogP contribution in [0.25, 0.3) is 0 Å². The highest BCUT2D eigenvalue weighted by Crippen LogP contribution is 2.25. The second-order valence-electron chi connectivity index (χ2n) is 4.41. The van der Waals surface area contributed by atoms with Gasteiger partial charge in [-0.25, -0.2) is 9.37 Å². The van der Waals surface area contributed by atoms with E-state index in [2.05, 4.69) is 20.9 Å². The summed E-state index contributed by atoms with van der Waals surface area (Å²) < 4.78 is 25.4. The van der Waals surface area contributed by atoms with Crippen molar-refractivity contribution in [3.63, 3.8) is 0 Å². The first-order chi connectivity index (χ1) is 8.04. The summed E-state index contributed by atoms with van der Waals surface area (Å²) in [6.07, 6.45) is 3.31. The molecule has 0 radical (unpaired) electrons. The van der Waals surface area contributed by atoms with Crippen molar-refractivity contribution in [2.24, 2.45) is 0 Å². The molecule has 1 aromatic heterocycles. The Kier molecular flexibility index (Phi) is 3.99. The summed E-state index contributed by atoms with van der Waals surface area (Å²) >= 11 is 3.16. The van der Waals surface area contributed by atoms with Gasteiger partial charge in [-0.2, -0.15) is 0 Å². The van der Waals surface area contributed by atoms with Gasteiger partial charge in [-0.1, -0.05) is 0 Å². The van der Waals surface area contributed by atoms with Crippen LogP contribution < -0.4 is 4.74 Å². The molecule has 0 bridgehead atoms. The fourth-order valence-electron chi connectivity index (χ4n) is 2.09. The Hall–Kier alpha value is -0.680. The van der Waals surface area contributed by atoms with Crippen LogP contribution in [-0.2, 0) is 4.74 Å². The summed E-state index contributed by atoms with van der Waals surface area (Å²) in [4.78, 5) is 3.94. The predicted octanol–water partition coefficient (Wildman–Crippen LogP) is 3.32. The molecule has 0 aromatic carbocycles. The third-order valence-corrected chi connectivity index (χ3v) is 3.14. The van der Waals surface area contributed by atoms with Crippen molar-refractivity contribution < 1.29 is 13.9 Å². The molecule has 3 nitrogen and oxygen atoms in total. The van der Waals surface area contributed by atoms with Crippen molar-refractivity contribution in [3.05, 3.63) is 22.6 Å². The second-order valence-corrected chi connectivity index (χ2v) is 5.32. The molecule has 1 aromatic rings. The Morgan fingerprint density at radius 3 is 2.65 bits per heavy atom. The van der Waals surface area contributed by atoms with E-state index >= 15 is 0 Å². The molecule has 1 aliphatic heterocycles. The second kappa shape index (κ2) is 5.31. The number of hydrogen-bond acceptors (Lipinski definition) is 3. The number of halogens is 2. The Bertz CT molecular complexity index is 392. The first kappa shape index (κ1) is 12.8. The fraction of sp³-hybridized carbons (Fsp3) is 0.583. The number of hydrogen-bond donors (Lipinski definition) is 0. The lowest BCUT2D eigenvalue weighted by Crippen LogP contribution is -2.36. The molecule has 1 saturated heterocycles. The highest BCUT2D eigenvalue weighted by molar-refractivity contribution is 9.10. The highest BCUT2D eigenvalue weighted by atomic mass is 79.9. The summed E-state index contributed by atoms with van der Waals surface area (Å²) in [5.74, 6) is -0.370. The minimum absolute atomic E-state index is 0.0306. The zero-order valence-electron chi connectivity index (χ0n) is 9.82. The average Bonchev–Trinajstić information content (AvgIpc) is 2.21. The van der Waals surface area contributed by atoms with Gasteiger partial charge in [0.1, 0.15) is 6.10 Å². The van der Waals surface area contributed by atoms with Crippen molar-refractivity contribution in [1.82, 2.24) is 4.98 Å². The van der Waals surface area contributed by atoms with Gasteiger partial charge in [-0.3, -0.25) is 0 Å². The number of rotatable bonds is 2. The van der Waals surface area contributed by atoms with E-state index < -0.39 is 5.82 Å². The Morgan fingerprint density at radius 2 is 2.06 bits per heavy atom. The van der Waals surface area contributed by atoms with Gasteiger partial charge in [0.05, 0.1) is 12.2 Å². The number of aromatic nitrogens is 1.